The van der Waals surface area contributed by atoms with Gasteiger partial charge in [-0.15, -0.1) is 11.6 Å². The Morgan fingerprint density at radius 1 is 1.09 bits per heavy atom. The van der Waals surface area contributed by atoms with Gasteiger partial charge in [0.15, 0.2) is 0 Å². The molecule has 124 valence electrons. The highest BCUT2D eigenvalue weighted by molar-refractivity contribution is 6.21. The number of carbonyl (C=O) groups is 2. The van der Waals surface area contributed by atoms with Gasteiger partial charge in [0.2, 0.25) is 11.7 Å². The molecule has 0 aromatic heterocycles. The maximum absolute atomic E-state index is 12.6. The number of unbranched alkanes of at least 4 members (excludes halogenated alkanes) is 3. The summed E-state index contributed by atoms with van der Waals surface area (Å²) in [5.41, 5.74) is 3.13. The molecule has 0 saturated heterocycles. The number of alkyl halides is 1. The van der Waals surface area contributed by atoms with Crippen LogP contribution in [0.1, 0.15) is 67.8 Å². The van der Waals surface area contributed by atoms with Crippen LogP contribution in [0, 0.1) is 0 Å². The summed E-state index contributed by atoms with van der Waals surface area (Å²) in [7, 11) is 0. The molecule has 0 saturated carbocycles. The van der Waals surface area contributed by atoms with Gasteiger partial charge in [-0.1, -0.05) is 44.0 Å². The Balaban J connectivity index is 2.18. The van der Waals surface area contributed by atoms with Crippen LogP contribution in [0.3, 0.4) is 0 Å². The summed E-state index contributed by atoms with van der Waals surface area (Å²) in [6.45, 7) is 2.05. The number of rotatable bonds is 9. The van der Waals surface area contributed by atoms with E-state index in [1.165, 1.54) is 0 Å². The summed E-state index contributed by atoms with van der Waals surface area (Å²) in [6.07, 6.45) is 6.03. The van der Waals surface area contributed by atoms with Crippen molar-refractivity contribution in [2.45, 2.75) is 51.9 Å². The van der Waals surface area contributed by atoms with Gasteiger partial charge in [0.1, 0.15) is 0 Å². The molecule has 1 aromatic rings. The van der Waals surface area contributed by atoms with Crippen molar-refractivity contribution in [3.8, 4) is 0 Å². The van der Waals surface area contributed by atoms with E-state index >= 15 is 0 Å². The van der Waals surface area contributed by atoms with Gasteiger partial charge in [-0.05, 0) is 36.8 Å². The maximum Gasteiger partial charge on any atom is 0.224 e. The number of halogens is 1. The molecule has 1 N–H and O–H groups in total. The van der Waals surface area contributed by atoms with Crippen LogP contribution in [0.2, 0.25) is 0 Å². The van der Waals surface area contributed by atoms with Gasteiger partial charge >= 0.3 is 0 Å². The highest BCUT2D eigenvalue weighted by Gasteiger charge is 2.29. The van der Waals surface area contributed by atoms with Gasteiger partial charge in [-0.2, -0.15) is 0 Å². The molecule has 1 aliphatic carbocycles. The summed E-state index contributed by atoms with van der Waals surface area (Å²) in [4.78, 5) is 24.7. The minimum absolute atomic E-state index is 0.0576. The number of nitrogens with one attached hydrogen (secondary N) is 1. The van der Waals surface area contributed by atoms with Crippen molar-refractivity contribution in [2.24, 2.45) is 0 Å². The van der Waals surface area contributed by atoms with Crippen LogP contribution in [0.25, 0.3) is 5.57 Å². The van der Waals surface area contributed by atoms with Crippen LogP contribution in [0.5, 0.6) is 0 Å². The number of carbonyl (C=O) groups excluding carboxylic acids is 2. The van der Waals surface area contributed by atoms with E-state index in [4.69, 9.17) is 11.6 Å². The molecule has 1 aromatic carbocycles. The Bertz CT molecular complexity index is 607. The highest BCUT2D eigenvalue weighted by atomic mass is 35.5. The minimum Gasteiger partial charge on any atom is -0.323 e. The van der Waals surface area contributed by atoms with Crippen LogP contribution >= 0.6 is 11.6 Å². The molecule has 2 rings (SSSR count). The van der Waals surface area contributed by atoms with Gasteiger partial charge in [0.25, 0.3) is 0 Å². The Kier molecular flexibility index (Phi) is 6.85. The number of benzene rings is 1. The lowest BCUT2D eigenvalue weighted by atomic mass is 10.0. The first-order valence-corrected chi connectivity index (χ1v) is 8.95. The number of ketones is 1. The SMILES string of the molecule is CCCCC(=O)NC1=C(CCCCCCl)c2ccccc2C1=O. The van der Waals surface area contributed by atoms with Crippen molar-refractivity contribution < 1.29 is 9.59 Å². The van der Waals surface area contributed by atoms with E-state index in [0.717, 1.165) is 49.7 Å². The fourth-order valence-corrected chi connectivity index (χ4v) is 3.04. The molecule has 1 aliphatic rings. The third-order valence-corrected chi connectivity index (χ3v) is 4.38. The zero-order chi connectivity index (χ0) is 16.7. The van der Waals surface area contributed by atoms with Crippen molar-refractivity contribution >= 4 is 28.9 Å². The van der Waals surface area contributed by atoms with Gasteiger partial charge in [-0.3, -0.25) is 9.59 Å². The Morgan fingerprint density at radius 3 is 2.52 bits per heavy atom. The molecule has 0 aliphatic heterocycles. The monoisotopic (exact) mass is 333 g/mol. The maximum atomic E-state index is 12.6. The smallest absolute Gasteiger partial charge is 0.224 e. The second kappa shape index (κ2) is 8.88. The summed E-state index contributed by atoms with van der Waals surface area (Å²) < 4.78 is 0. The molecule has 0 atom stereocenters. The predicted molar refractivity (Wildman–Crippen MR) is 94.5 cm³/mol. The van der Waals surface area contributed by atoms with Crippen LogP contribution in [-0.2, 0) is 4.79 Å². The van der Waals surface area contributed by atoms with E-state index < -0.39 is 0 Å². The second-order valence-electron chi connectivity index (χ2n) is 5.88. The normalized spacial score (nSPS) is 13.4. The summed E-state index contributed by atoms with van der Waals surface area (Å²) in [6, 6.07) is 7.60. The molecule has 4 heteroatoms. The Hall–Kier alpha value is -1.61. The Morgan fingerprint density at radius 2 is 1.83 bits per heavy atom. The Labute approximate surface area is 143 Å². The van der Waals surface area contributed by atoms with Crippen LogP contribution in [0.15, 0.2) is 30.0 Å². The molecule has 0 heterocycles. The molecule has 0 radical (unpaired) electrons. The van der Waals surface area contributed by atoms with Crippen molar-refractivity contribution in [3.63, 3.8) is 0 Å². The number of fused-ring (bicyclic) bond motifs is 1. The van der Waals surface area contributed by atoms with E-state index in [1.54, 1.807) is 0 Å². The summed E-state index contributed by atoms with van der Waals surface area (Å²) in [5, 5.41) is 2.87. The summed E-state index contributed by atoms with van der Waals surface area (Å²) in [5.74, 6) is 0.536. The molecule has 0 spiro atoms. The lowest BCUT2D eigenvalue weighted by molar-refractivity contribution is -0.120. The minimum atomic E-state index is -0.0683. The van der Waals surface area contributed by atoms with E-state index in [-0.39, 0.29) is 11.7 Å². The quantitative estimate of drug-likeness (QED) is 0.526. The third kappa shape index (κ3) is 4.44. The van der Waals surface area contributed by atoms with Crippen LogP contribution in [0.4, 0.5) is 0 Å². The zero-order valence-corrected chi connectivity index (χ0v) is 14.4. The average molecular weight is 334 g/mol. The average Bonchev–Trinajstić information content (AvgIpc) is 2.82. The number of hydrogen-bond donors (Lipinski definition) is 1. The van der Waals surface area contributed by atoms with Crippen molar-refractivity contribution in [1.29, 1.82) is 0 Å². The molecule has 1 amide bonds. The number of Topliss-reactive ketones (excluding diaryl/α,β-unsaturated/α-hetero) is 1. The standard InChI is InChI=1S/C19H24ClNO2/c1-2-3-12-17(22)21-18-15(10-5-4-8-13-20)14-9-6-7-11-16(14)19(18)23/h6-7,9,11H,2-5,8,10,12-13H2,1H3,(H,21,22,23). The fraction of sp³-hybridized carbons (Fsp3) is 0.474. The third-order valence-electron chi connectivity index (χ3n) is 4.11. The lowest BCUT2D eigenvalue weighted by Gasteiger charge is -2.09. The van der Waals surface area contributed by atoms with Gasteiger partial charge in [-0.25, -0.2) is 0 Å². The van der Waals surface area contributed by atoms with E-state index in [9.17, 15) is 9.59 Å². The first-order valence-electron chi connectivity index (χ1n) is 8.42. The molecule has 3 nitrogen and oxygen atoms in total. The lowest BCUT2D eigenvalue weighted by Crippen LogP contribution is -2.26. The molecule has 0 bridgehead atoms. The largest absolute Gasteiger partial charge is 0.323 e. The number of allylic oxidation sites excluding steroid dienone is 2. The number of amides is 1. The van der Waals surface area contributed by atoms with E-state index in [0.29, 0.717) is 23.6 Å². The van der Waals surface area contributed by atoms with Crippen molar-refractivity contribution in [3.05, 3.63) is 41.1 Å². The van der Waals surface area contributed by atoms with E-state index in [2.05, 4.69) is 5.32 Å². The number of hydrogen-bond acceptors (Lipinski definition) is 2. The van der Waals surface area contributed by atoms with Crippen molar-refractivity contribution in [1.82, 2.24) is 5.32 Å². The fourth-order valence-electron chi connectivity index (χ4n) is 2.85. The topological polar surface area (TPSA) is 46.2 Å². The van der Waals surface area contributed by atoms with Gasteiger partial charge in [0, 0.05) is 17.9 Å². The highest BCUT2D eigenvalue weighted by Crippen LogP contribution is 2.35. The molecular formula is C19H24ClNO2. The molecular weight excluding hydrogens is 310 g/mol. The predicted octanol–water partition coefficient (Wildman–Crippen LogP) is 4.70. The molecule has 0 fully saturated rings. The molecule has 0 unspecified atom stereocenters. The summed E-state index contributed by atoms with van der Waals surface area (Å²) >= 11 is 5.72. The van der Waals surface area contributed by atoms with E-state index in [1.807, 2.05) is 31.2 Å². The van der Waals surface area contributed by atoms with Crippen LogP contribution in [-0.4, -0.2) is 17.6 Å². The first-order chi connectivity index (χ1) is 11.2. The van der Waals surface area contributed by atoms with Gasteiger partial charge in [0.05, 0.1) is 5.70 Å². The van der Waals surface area contributed by atoms with Crippen molar-refractivity contribution in [2.75, 3.05) is 5.88 Å². The first kappa shape index (κ1) is 17.7. The molecule has 23 heavy (non-hydrogen) atoms. The van der Waals surface area contributed by atoms with Crippen LogP contribution < -0.4 is 5.32 Å². The van der Waals surface area contributed by atoms with Gasteiger partial charge < -0.3 is 5.32 Å². The zero-order valence-electron chi connectivity index (χ0n) is 13.7. The second-order valence-corrected chi connectivity index (χ2v) is 6.26.